The van der Waals surface area contributed by atoms with Gasteiger partial charge in [-0.3, -0.25) is 9.48 Å². The minimum absolute atomic E-state index is 0.107. The van der Waals surface area contributed by atoms with Crippen LogP contribution in [0.15, 0.2) is 23.6 Å². The third-order valence-electron chi connectivity index (χ3n) is 4.62. The van der Waals surface area contributed by atoms with Gasteiger partial charge in [-0.2, -0.15) is 5.10 Å². The summed E-state index contributed by atoms with van der Waals surface area (Å²) < 4.78 is 1.77. The van der Waals surface area contributed by atoms with Gasteiger partial charge >= 0.3 is 0 Å². The molecule has 0 bridgehead atoms. The highest BCUT2D eigenvalue weighted by atomic mass is 32.1. The third kappa shape index (κ3) is 2.51. The van der Waals surface area contributed by atoms with Crippen molar-refractivity contribution in [3.8, 4) is 10.6 Å². The van der Waals surface area contributed by atoms with Crippen LogP contribution in [0.1, 0.15) is 35.3 Å². The smallest absolute Gasteiger partial charge is 0.254 e. The number of aromatic nitrogens is 3. The molecule has 0 spiro atoms. The highest BCUT2D eigenvalue weighted by Gasteiger charge is 2.24. The van der Waals surface area contributed by atoms with Gasteiger partial charge in [0, 0.05) is 20.1 Å². The van der Waals surface area contributed by atoms with Gasteiger partial charge in [-0.1, -0.05) is 6.07 Å². The summed E-state index contributed by atoms with van der Waals surface area (Å²) in [6.07, 6.45) is 3.38. The van der Waals surface area contributed by atoms with E-state index >= 15 is 0 Å². The number of piperidine rings is 1. The summed E-state index contributed by atoms with van der Waals surface area (Å²) in [5.74, 6) is 0.107. The molecule has 1 aliphatic rings. The molecule has 0 unspecified atom stereocenters. The van der Waals surface area contributed by atoms with Gasteiger partial charge in [0.25, 0.3) is 5.91 Å². The minimum Gasteiger partial charge on any atom is -0.339 e. The fraction of sp³-hybridized carbons (Fsp3) is 0.389. The average Bonchev–Trinajstić information content (AvgIpc) is 3.23. The molecule has 4 heterocycles. The maximum atomic E-state index is 13.2. The molecule has 5 nitrogen and oxygen atoms in total. The first-order chi connectivity index (χ1) is 11.6. The molecule has 0 N–H and O–H groups in total. The Morgan fingerprint density at radius 1 is 1.25 bits per heavy atom. The first kappa shape index (κ1) is 15.3. The lowest BCUT2D eigenvalue weighted by molar-refractivity contribution is 0.0726. The number of hydrogen-bond donors (Lipinski definition) is 0. The van der Waals surface area contributed by atoms with E-state index in [1.54, 1.807) is 16.0 Å². The molecule has 3 aromatic rings. The molecule has 1 aliphatic heterocycles. The van der Waals surface area contributed by atoms with E-state index in [1.165, 1.54) is 6.42 Å². The van der Waals surface area contributed by atoms with Crippen molar-refractivity contribution < 1.29 is 4.79 Å². The van der Waals surface area contributed by atoms with Gasteiger partial charge in [-0.25, -0.2) is 4.98 Å². The summed E-state index contributed by atoms with van der Waals surface area (Å²) in [5.41, 5.74) is 3.22. The van der Waals surface area contributed by atoms with Gasteiger partial charge in [0.05, 0.1) is 27.2 Å². The molecule has 0 atom stereocenters. The third-order valence-corrected chi connectivity index (χ3v) is 5.51. The van der Waals surface area contributed by atoms with Gasteiger partial charge in [0.15, 0.2) is 5.65 Å². The lowest BCUT2D eigenvalue weighted by Gasteiger charge is -2.27. The van der Waals surface area contributed by atoms with Gasteiger partial charge in [0.1, 0.15) is 0 Å². The number of carbonyl (C=O) groups is 1. The standard InChI is InChI=1S/C18H20N4OS/c1-12-16-13(18(23)22-8-4-3-5-9-22)11-14(15-7-6-10-24-15)19-17(16)21(2)20-12/h6-7,10-11H,3-5,8-9H2,1-2H3. The van der Waals surface area contributed by atoms with Crippen LogP contribution in [0.5, 0.6) is 0 Å². The van der Waals surface area contributed by atoms with Crippen LogP contribution < -0.4 is 0 Å². The Kier molecular flexibility index (Phi) is 3.84. The number of hydrogen-bond acceptors (Lipinski definition) is 4. The Morgan fingerprint density at radius 2 is 2.04 bits per heavy atom. The zero-order chi connectivity index (χ0) is 16.7. The zero-order valence-electron chi connectivity index (χ0n) is 14.0. The SMILES string of the molecule is Cc1nn(C)c2nc(-c3cccs3)cc(C(=O)N3CCCCC3)c12. The van der Waals surface area contributed by atoms with Crippen LogP contribution in [0.3, 0.4) is 0 Å². The first-order valence-electron chi connectivity index (χ1n) is 8.32. The number of aryl methyl sites for hydroxylation is 2. The summed E-state index contributed by atoms with van der Waals surface area (Å²) in [6, 6.07) is 5.99. The Bertz CT molecular complexity index is 892. The molecule has 0 aliphatic carbocycles. The average molecular weight is 340 g/mol. The van der Waals surface area contributed by atoms with Gasteiger partial charge in [-0.15, -0.1) is 11.3 Å². The van der Waals surface area contributed by atoms with Gasteiger partial charge < -0.3 is 4.90 Å². The van der Waals surface area contributed by atoms with Gasteiger partial charge in [0.2, 0.25) is 0 Å². The van der Waals surface area contributed by atoms with Crippen molar-refractivity contribution >= 4 is 28.3 Å². The molecule has 4 rings (SSSR count). The highest BCUT2D eigenvalue weighted by molar-refractivity contribution is 7.13. The molecule has 0 radical (unpaired) electrons. The number of rotatable bonds is 2. The van der Waals surface area contributed by atoms with Crippen LogP contribution in [0.2, 0.25) is 0 Å². The van der Waals surface area contributed by atoms with E-state index in [4.69, 9.17) is 4.98 Å². The Morgan fingerprint density at radius 3 is 2.75 bits per heavy atom. The maximum Gasteiger partial charge on any atom is 0.254 e. The lowest BCUT2D eigenvalue weighted by atomic mass is 10.1. The predicted octanol–water partition coefficient (Wildman–Crippen LogP) is 3.63. The summed E-state index contributed by atoms with van der Waals surface area (Å²) in [5, 5.41) is 7.40. The molecule has 1 amide bonds. The van der Waals surface area contributed by atoms with E-state index in [9.17, 15) is 4.79 Å². The summed E-state index contributed by atoms with van der Waals surface area (Å²) >= 11 is 1.64. The number of likely N-dealkylation sites (tertiary alicyclic amines) is 1. The summed E-state index contributed by atoms with van der Waals surface area (Å²) in [6.45, 7) is 3.63. The topological polar surface area (TPSA) is 51.0 Å². The molecule has 1 fully saturated rings. The molecule has 6 heteroatoms. The fourth-order valence-electron chi connectivity index (χ4n) is 3.43. The molecule has 3 aromatic heterocycles. The van der Waals surface area contributed by atoms with Gasteiger partial charge in [-0.05, 0) is 43.7 Å². The molecule has 124 valence electrons. The van der Waals surface area contributed by atoms with E-state index in [0.29, 0.717) is 0 Å². The van der Waals surface area contributed by atoms with Crippen LogP contribution in [0, 0.1) is 6.92 Å². The monoisotopic (exact) mass is 340 g/mol. The van der Waals surface area contributed by atoms with E-state index in [-0.39, 0.29) is 5.91 Å². The predicted molar refractivity (Wildman–Crippen MR) is 96.3 cm³/mol. The quantitative estimate of drug-likeness (QED) is 0.716. The van der Waals surface area contributed by atoms with Crippen LogP contribution in [-0.2, 0) is 7.05 Å². The second-order valence-corrected chi connectivity index (χ2v) is 7.24. The number of amides is 1. The lowest BCUT2D eigenvalue weighted by Crippen LogP contribution is -2.35. The van der Waals surface area contributed by atoms with Crippen LogP contribution in [-0.4, -0.2) is 38.7 Å². The largest absolute Gasteiger partial charge is 0.339 e. The number of fused-ring (bicyclic) bond motifs is 1. The molecule has 24 heavy (non-hydrogen) atoms. The minimum atomic E-state index is 0.107. The van der Waals surface area contributed by atoms with E-state index in [2.05, 4.69) is 5.10 Å². The number of pyridine rings is 1. The fourth-order valence-corrected chi connectivity index (χ4v) is 4.12. The van der Waals surface area contributed by atoms with E-state index < -0.39 is 0 Å². The molecular weight excluding hydrogens is 320 g/mol. The van der Waals surface area contributed by atoms with Crippen molar-refractivity contribution in [3.63, 3.8) is 0 Å². The van der Waals surface area contributed by atoms with Crippen molar-refractivity contribution in [2.75, 3.05) is 13.1 Å². The second-order valence-electron chi connectivity index (χ2n) is 6.29. The molecular formula is C18H20N4OS. The molecule has 0 aromatic carbocycles. The number of nitrogens with zero attached hydrogens (tertiary/aromatic N) is 4. The van der Waals surface area contributed by atoms with Crippen molar-refractivity contribution in [1.29, 1.82) is 0 Å². The van der Waals surface area contributed by atoms with Crippen molar-refractivity contribution in [1.82, 2.24) is 19.7 Å². The van der Waals surface area contributed by atoms with Crippen LogP contribution >= 0.6 is 11.3 Å². The maximum absolute atomic E-state index is 13.2. The van der Waals surface area contributed by atoms with Crippen molar-refractivity contribution in [3.05, 3.63) is 34.8 Å². The van der Waals surface area contributed by atoms with Crippen LogP contribution in [0.4, 0.5) is 0 Å². The van der Waals surface area contributed by atoms with Crippen molar-refractivity contribution in [2.24, 2.45) is 7.05 Å². The zero-order valence-corrected chi connectivity index (χ0v) is 14.8. The Hall–Kier alpha value is -2.21. The van der Waals surface area contributed by atoms with E-state index in [0.717, 1.165) is 58.8 Å². The Balaban J connectivity index is 1.90. The molecule has 0 saturated carbocycles. The Labute approximate surface area is 144 Å². The summed E-state index contributed by atoms with van der Waals surface area (Å²) in [4.78, 5) is 21.0. The van der Waals surface area contributed by atoms with Crippen LogP contribution in [0.25, 0.3) is 21.6 Å². The number of thiophene rings is 1. The first-order valence-corrected chi connectivity index (χ1v) is 9.20. The van der Waals surface area contributed by atoms with Crippen molar-refractivity contribution in [2.45, 2.75) is 26.2 Å². The summed E-state index contributed by atoms with van der Waals surface area (Å²) in [7, 11) is 1.88. The second kappa shape index (κ2) is 6.02. The van der Waals surface area contributed by atoms with E-state index in [1.807, 2.05) is 42.5 Å². The normalized spacial score (nSPS) is 15.2. The highest BCUT2D eigenvalue weighted by Crippen LogP contribution is 2.30. The number of carbonyl (C=O) groups excluding carboxylic acids is 1. The molecule has 1 saturated heterocycles.